The van der Waals surface area contributed by atoms with Crippen LogP contribution in [0, 0.1) is 0 Å². The first-order valence-corrected chi connectivity index (χ1v) is 9.05. The molecule has 1 aromatic heterocycles. The number of hydrogen-bond donors (Lipinski definition) is 2. The number of rotatable bonds is 5. The van der Waals surface area contributed by atoms with Crippen LogP contribution < -0.4 is 5.32 Å². The fourth-order valence-electron chi connectivity index (χ4n) is 3.75. The molecule has 3 heterocycles. The Morgan fingerprint density at radius 1 is 1.15 bits per heavy atom. The van der Waals surface area contributed by atoms with Crippen molar-refractivity contribution in [1.29, 1.82) is 0 Å². The topological polar surface area (TPSA) is 81.3 Å². The quantitative estimate of drug-likeness (QED) is 0.805. The third-order valence-electron chi connectivity index (χ3n) is 5.20. The van der Waals surface area contributed by atoms with E-state index in [2.05, 4.69) is 32.3 Å². The van der Waals surface area contributed by atoms with E-state index >= 15 is 0 Å². The molecule has 7 heteroatoms. The first kappa shape index (κ1) is 16.8. The van der Waals surface area contributed by atoms with Gasteiger partial charge in [-0.15, -0.1) is 0 Å². The highest BCUT2D eigenvalue weighted by molar-refractivity contribution is 5.97. The summed E-state index contributed by atoms with van der Waals surface area (Å²) in [6.07, 6.45) is 4.67. The molecule has 2 saturated heterocycles. The van der Waals surface area contributed by atoms with Gasteiger partial charge in [0, 0.05) is 44.5 Å². The summed E-state index contributed by atoms with van der Waals surface area (Å²) in [4.78, 5) is 36.3. The van der Waals surface area contributed by atoms with Crippen LogP contribution in [0.3, 0.4) is 0 Å². The minimum atomic E-state index is -0.505. The van der Waals surface area contributed by atoms with E-state index < -0.39 is 6.04 Å². The average Bonchev–Trinajstić information content (AvgIpc) is 3.18. The molecule has 1 aromatic carbocycles. The molecule has 26 heavy (non-hydrogen) atoms. The molecule has 7 nitrogen and oxygen atoms in total. The summed E-state index contributed by atoms with van der Waals surface area (Å²) >= 11 is 0. The second-order valence-electron chi connectivity index (χ2n) is 6.93. The van der Waals surface area contributed by atoms with E-state index in [4.69, 9.17) is 0 Å². The Kier molecular flexibility index (Phi) is 4.71. The summed E-state index contributed by atoms with van der Waals surface area (Å²) in [6.45, 7) is 2.90. The number of hydrogen-bond acceptors (Lipinski definition) is 4. The molecule has 0 saturated carbocycles. The molecule has 2 atom stereocenters. The number of nitrogens with zero attached hydrogens (tertiary/aromatic N) is 3. The SMILES string of the molecule is O=C1N[C@@H](Cc2cnc[nH]2)C(=O)N2CCN(CCc3ccccc3)C[C@H]12. The van der Waals surface area contributed by atoms with Crippen LogP contribution in [0.25, 0.3) is 0 Å². The fraction of sp³-hybridized carbons (Fsp3) is 0.421. The first-order chi connectivity index (χ1) is 12.7. The van der Waals surface area contributed by atoms with Gasteiger partial charge in [-0.3, -0.25) is 14.5 Å². The van der Waals surface area contributed by atoms with Gasteiger partial charge in [-0.1, -0.05) is 30.3 Å². The number of H-pyrrole nitrogens is 1. The van der Waals surface area contributed by atoms with Crippen LogP contribution in [0.15, 0.2) is 42.9 Å². The first-order valence-electron chi connectivity index (χ1n) is 9.05. The molecule has 0 radical (unpaired) electrons. The van der Waals surface area contributed by atoms with E-state index in [0.717, 1.165) is 25.2 Å². The maximum atomic E-state index is 12.8. The molecule has 0 spiro atoms. The summed E-state index contributed by atoms with van der Waals surface area (Å²) in [6, 6.07) is 9.45. The van der Waals surface area contributed by atoms with Crippen LogP contribution in [0.1, 0.15) is 11.3 Å². The van der Waals surface area contributed by atoms with E-state index in [0.29, 0.717) is 19.5 Å². The largest absolute Gasteiger partial charge is 0.348 e. The van der Waals surface area contributed by atoms with Crippen molar-refractivity contribution in [3.63, 3.8) is 0 Å². The van der Waals surface area contributed by atoms with Crippen molar-refractivity contribution < 1.29 is 9.59 Å². The second-order valence-corrected chi connectivity index (χ2v) is 6.93. The Morgan fingerprint density at radius 3 is 2.77 bits per heavy atom. The van der Waals surface area contributed by atoms with E-state index in [1.165, 1.54) is 5.56 Å². The number of aromatic nitrogens is 2. The lowest BCUT2D eigenvalue weighted by Gasteiger charge is -2.45. The van der Waals surface area contributed by atoms with Crippen LogP contribution in [0.2, 0.25) is 0 Å². The lowest BCUT2D eigenvalue weighted by atomic mass is 10.0. The predicted octanol–water partition coefficient (Wildman–Crippen LogP) is 0.206. The van der Waals surface area contributed by atoms with Gasteiger partial charge in [0.2, 0.25) is 11.8 Å². The zero-order chi connectivity index (χ0) is 17.9. The molecule has 2 fully saturated rings. The molecule has 0 bridgehead atoms. The molecule has 4 rings (SSSR count). The number of carbonyl (C=O) groups excluding carboxylic acids is 2. The van der Waals surface area contributed by atoms with Gasteiger partial charge in [0.1, 0.15) is 12.1 Å². The summed E-state index contributed by atoms with van der Waals surface area (Å²) in [5.41, 5.74) is 2.14. The molecule has 136 valence electrons. The Hall–Kier alpha value is -2.67. The lowest BCUT2D eigenvalue weighted by molar-refractivity contribution is -0.152. The Labute approximate surface area is 152 Å². The summed E-state index contributed by atoms with van der Waals surface area (Å²) in [5, 5.41) is 2.89. The molecular formula is C19H23N5O2. The van der Waals surface area contributed by atoms with Gasteiger partial charge >= 0.3 is 0 Å². The van der Waals surface area contributed by atoms with Crippen molar-refractivity contribution >= 4 is 11.8 Å². The molecule has 0 aliphatic carbocycles. The Morgan fingerprint density at radius 2 is 2.00 bits per heavy atom. The van der Waals surface area contributed by atoms with Crippen LogP contribution in [0.4, 0.5) is 0 Å². The van der Waals surface area contributed by atoms with Crippen LogP contribution in [0.5, 0.6) is 0 Å². The predicted molar refractivity (Wildman–Crippen MR) is 96.3 cm³/mol. The maximum Gasteiger partial charge on any atom is 0.246 e. The second kappa shape index (κ2) is 7.29. The van der Waals surface area contributed by atoms with Gasteiger partial charge in [-0.25, -0.2) is 4.98 Å². The highest BCUT2D eigenvalue weighted by Gasteiger charge is 2.43. The molecule has 2 N–H and O–H groups in total. The number of piperazine rings is 2. The summed E-state index contributed by atoms with van der Waals surface area (Å²) in [7, 11) is 0. The number of aromatic amines is 1. The third-order valence-corrected chi connectivity index (χ3v) is 5.20. The molecular weight excluding hydrogens is 330 g/mol. The van der Waals surface area contributed by atoms with Gasteiger partial charge in [0.15, 0.2) is 0 Å². The van der Waals surface area contributed by atoms with Crippen molar-refractivity contribution in [3.8, 4) is 0 Å². The van der Waals surface area contributed by atoms with Crippen molar-refractivity contribution in [1.82, 2.24) is 25.1 Å². The summed E-state index contributed by atoms with van der Waals surface area (Å²) in [5.74, 6) is -0.0505. The number of carbonyl (C=O) groups is 2. The third kappa shape index (κ3) is 3.48. The summed E-state index contributed by atoms with van der Waals surface area (Å²) < 4.78 is 0. The fourth-order valence-corrected chi connectivity index (χ4v) is 3.75. The van der Waals surface area contributed by atoms with Gasteiger partial charge in [-0.05, 0) is 12.0 Å². The highest BCUT2D eigenvalue weighted by atomic mass is 16.2. The maximum absolute atomic E-state index is 12.8. The molecule has 0 unspecified atom stereocenters. The van der Waals surface area contributed by atoms with Crippen molar-refractivity contribution in [2.75, 3.05) is 26.2 Å². The van der Waals surface area contributed by atoms with Gasteiger partial charge in [0.05, 0.1) is 6.33 Å². The van der Waals surface area contributed by atoms with Crippen molar-refractivity contribution in [2.24, 2.45) is 0 Å². The van der Waals surface area contributed by atoms with E-state index in [1.54, 1.807) is 17.4 Å². The van der Waals surface area contributed by atoms with E-state index in [-0.39, 0.29) is 17.9 Å². The lowest BCUT2D eigenvalue weighted by Crippen LogP contribution is -2.69. The molecule has 2 amide bonds. The smallest absolute Gasteiger partial charge is 0.246 e. The Balaban J connectivity index is 1.36. The van der Waals surface area contributed by atoms with Crippen LogP contribution in [-0.2, 0) is 22.4 Å². The molecule has 2 aliphatic rings. The Bertz CT molecular complexity index is 762. The zero-order valence-electron chi connectivity index (χ0n) is 14.6. The minimum Gasteiger partial charge on any atom is -0.348 e. The number of amides is 2. The van der Waals surface area contributed by atoms with Crippen LogP contribution in [-0.4, -0.2) is 69.8 Å². The average molecular weight is 353 g/mol. The zero-order valence-corrected chi connectivity index (χ0v) is 14.6. The number of nitrogens with one attached hydrogen (secondary N) is 2. The van der Waals surface area contributed by atoms with E-state index in [1.807, 2.05) is 18.2 Å². The minimum absolute atomic E-state index is 0.00640. The van der Waals surface area contributed by atoms with Crippen LogP contribution >= 0.6 is 0 Å². The highest BCUT2D eigenvalue weighted by Crippen LogP contribution is 2.18. The number of benzene rings is 1. The van der Waals surface area contributed by atoms with E-state index in [9.17, 15) is 9.59 Å². The van der Waals surface area contributed by atoms with Gasteiger partial charge < -0.3 is 15.2 Å². The molecule has 2 aliphatic heterocycles. The monoisotopic (exact) mass is 353 g/mol. The van der Waals surface area contributed by atoms with Gasteiger partial charge in [0.25, 0.3) is 0 Å². The van der Waals surface area contributed by atoms with Crippen molar-refractivity contribution in [3.05, 3.63) is 54.1 Å². The standard InChI is InChI=1S/C19H23N5O2/c25-18-17-12-23(7-6-14-4-2-1-3-5-14)8-9-24(17)19(26)16(22-18)10-15-11-20-13-21-15/h1-5,11,13,16-17H,6-10,12H2,(H,20,21)(H,22,25)/t16-,17+/m0/s1. The number of imidazole rings is 1. The number of fused-ring (bicyclic) bond motifs is 1. The normalized spacial score (nSPS) is 23.6. The molecule has 2 aromatic rings. The van der Waals surface area contributed by atoms with Crippen molar-refractivity contribution in [2.45, 2.75) is 24.9 Å². The van der Waals surface area contributed by atoms with Gasteiger partial charge in [-0.2, -0.15) is 0 Å².